The lowest BCUT2D eigenvalue weighted by molar-refractivity contribution is -0.384. The largest absolute Gasteiger partial charge is 0.507 e. The van der Waals surface area contributed by atoms with Gasteiger partial charge in [-0.05, 0) is 30.3 Å². The van der Waals surface area contributed by atoms with Gasteiger partial charge in [-0.3, -0.25) is 15.1 Å². The minimum atomic E-state index is -1.16. The molecule has 0 aliphatic carbocycles. The van der Waals surface area contributed by atoms with Crippen LogP contribution in [0.4, 0.5) is 11.4 Å². The molecule has 1 aromatic heterocycles. The van der Waals surface area contributed by atoms with Crippen molar-refractivity contribution in [1.29, 1.82) is 0 Å². The highest BCUT2D eigenvalue weighted by Crippen LogP contribution is 2.27. The van der Waals surface area contributed by atoms with Gasteiger partial charge in [-0.2, -0.15) is 0 Å². The molecule has 8 nitrogen and oxygen atoms in total. The zero-order valence-electron chi connectivity index (χ0n) is 13.2. The van der Waals surface area contributed by atoms with Crippen LogP contribution in [0, 0.1) is 10.1 Å². The molecule has 0 bridgehead atoms. The van der Waals surface area contributed by atoms with Crippen LogP contribution >= 0.6 is 0 Å². The third-order valence-corrected chi connectivity index (χ3v) is 3.52. The molecule has 0 atom stereocenters. The Hall–Kier alpha value is -3.94. The van der Waals surface area contributed by atoms with Crippen LogP contribution in [-0.2, 0) is 0 Å². The van der Waals surface area contributed by atoms with Crippen molar-refractivity contribution in [2.45, 2.75) is 0 Å². The minimum absolute atomic E-state index is 0.132. The molecule has 130 valence electrons. The molecule has 26 heavy (non-hydrogen) atoms. The average Bonchev–Trinajstić information content (AvgIpc) is 3.11. The molecule has 0 saturated heterocycles. The topological polar surface area (TPSA) is 126 Å². The molecule has 0 aliphatic heterocycles. The van der Waals surface area contributed by atoms with E-state index in [1.807, 2.05) is 0 Å². The van der Waals surface area contributed by atoms with E-state index in [-0.39, 0.29) is 22.8 Å². The van der Waals surface area contributed by atoms with E-state index in [1.54, 1.807) is 30.3 Å². The van der Waals surface area contributed by atoms with Crippen molar-refractivity contribution < 1.29 is 24.3 Å². The Morgan fingerprint density at radius 2 is 1.96 bits per heavy atom. The van der Waals surface area contributed by atoms with Crippen LogP contribution in [0.1, 0.15) is 16.1 Å². The van der Waals surface area contributed by atoms with E-state index >= 15 is 0 Å². The number of aromatic hydroxyl groups is 1. The van der Waals surface area contributed by atoms with E-state index in [9.17, 15) is 20.0 Å². The van der Waals surface area contributed by atoms with Gasteiger partial charge in [0.25, 0.3) is 5.69 Å². The zero-order valence-corrected chi connectivity index (χ0v) is 13.2. The summed E-state index contributed by atoms with van der Waals surface area (Å²) in [6.07, 6.45) is 1.31. The fourth-order valence-electron chi connectivity index (χ4n) is 2.25. The van der Waals surface area contributed by atoms with Crippen molar-refractivity contribution in [2.24, 2.45) is 4.99 Å². The number of nitrogens with zero attached hydrogens (tertiary/aromatic N) is 2. The highest BCUT2D eigenvalue weighted by Gasteiger charge is 2.11. The van der Waals surface area contributed by atoms with Crippen molar-refractivity contribution in [3.05, 3.63) is 76.0 Å². The lowest BCUT2D eigenvalue weighted by atomic mass is 10.1. The molecule has 0 amide bonds. The van der Waals surface area contributed by atoms with Crippen molar-refractivity contribution in [2.75, 3.05) is 0 Å². The summed E-state index contributed by atoms with van der Waals surface area (Å²) in [5.41, 5.74) is 1.17. The Morgan fingerprint density at radius 1 is 1.15 bits per heavy atom. The number of aliphatic imine (C=N–C) groups is 1. The van der Waals surface area contributed by atoms with Gasteiger partial charge in [0, 0.05) is 29.5 Å². The summed E-state index contributed by atoms with van der Waals surface area (Å²) in [5.74, 6) is -1.09. The maximum Gasteiger partial charge on any atom is 0.371 e. The van der Waals surface area contributed by atoms with E-state index in [1.165, 1.54) is 30.5 Å². The summed E-state index contributed by atoms with van der Waals surface area (Å²) in [4.78, 5) is 25.3. The summed E-state index contributed by atoms with van der Waals surface area (Å²) in [6, 6.07) is 13.3. The Labute approximate surface area is 146 Å². The second-order valence-electron chi connectivity index (χ2n) is 5.28. The number of nitro benzene ring substituents is 1. The van der Waals surface area contributed by atoms with Gasteiger partial charge >= 0.3 is 5.97 Å². The zero-order chi connectivity index (χ0) is 18.7. The molecule has 0 unspecified atom stereocenters. The number of carbonyl (C=O) groups is 1. The number of non-ortho nitro benzene ring substituents is 1. The molecule has 1 heterocycles. The molecule has 8 heteroatoms. The normalized spacial score (nSPS) is 10.9. The first-order valence-corrected chi connectivity index (χ1v) is 7.39. The Balaban J connectivity index is 1.89. The lowest BCUT2D eigenvalue weighted by Crippen LogP contribution is -1.91. The molecule has 0 radical (unpaired) electrons. The molecule has 0 aliphatic rings. The number of furan rings is 1. The maximum absolute atomic E-state index is 10.9. The van der Waals surface area contributed by atoms with Gasteiger partial charge in [-0.15, -0.1) is 0 Å². The maximum atomic E-state index is 10.9. The van der Waals surface area contributed by atoms with Gasteiger partial charge in [0.15, 0.2) is 0 Å². The van der Waals surface area contributed by atoms with Crippen LogP contribution < -0.4 is 0 Å². The second kappa shape index (κ2) is 6.89. The summed E-state index contributed by atoms with van der Waals surface area (Å²) < 4.78 is 5.24. The van der Waals surface area contributed by atoms with Gasteiger partial charge < -0.3 is 14.6 Å². The molecule has 0 spiro atoms. The van der Waals surface area contributed by atoms with E-state index in [2.05, 4.69) is 4.99 Å². The van der Waals surface area contributed by atoms with Crippen LogP contribution in [0.15, 0.2) is 64.0 Å². The van der Waals surface area contributed by atoms with Crippen molar-refractivity contribution in [1.82, 2.24) is 0 Å². The first-order valence-electron chi connectivity index (χ1n) is 7.39. The highest BCUT2D eigenvalue weighted by atomic mass is 16.6. The number of hydrogen-bond donors (Lipinski definition) is 2. The predicted octanol–water partition coefficient (Wildman–Crippen LogP) is 4.01. The van der Waals surface area contributed by atoms with E-state index in [4.69, 9.17) is 9.52 Å². The van der Waals surface area contributed by atoms with Gasteiger partial charge in [0.2, 0.25) is 5.76 Å². The van der Waals surface area contributed by atoms with E-state index < -0.39 is 10.9 Å². The molecule has 0 fully saturated rings. The number of phenolic OH excluding ortho intramolecular Hbond substituents is 1. The standard InChI is InChI=1S/C18H12N2O6/c21-15-5-4-14(20(24)25)9-12(15)10-19-13-3-1-2-11(8-13)16-6-7-17(26-16)18(22)23/h1-10,21H,(H,22,23). The first kappa shape index (κ1) is 16.9. The van der Waals surface area contributed by atoms with Crippen molar-refractivity contribution in [3.8, 4) is 17.1 Å². The molecule has 3 aromatic rings. The highest BCUT2D eigenvalue weighted by molar-refractivity contribution is 5.87. The van der Waals surface area contributed by atoms with Crippen LogP contribution in [0.5, 0.6) is 5.75 Å². The fraction of sp³-hybridized carbons (Fsp3) is 0. The molecule has 2 N–H and O–H groups in total. The Morgan fingerprint density at radius 3 is 2.65 bits per heavy atom. The fourth-order valence-corrected chi connectivity index (χ4v) is 2.25. The number of nitro groups is 1. The number of benzene rings is 2. The van der Waals surface area contributed by atoms with Crippen molar-refractivity contribution in [3.63, 3.8) is 0 Å². The summed E-state index contributed by atoms with van der Waals surface area (Å²) in [5, 5.41) is 29.5. The quantitative estimate of drug-likeness (QED) is 0.406. The smallest absolute Gasteiger partial charge is 0.371 e. The Bertz CT molecular complexity index is 1020. The summed E-state index contributed by atoms with van der Waals surface area (Å²) >= 11 is 0. The predicted molar refractivity (Wildman–Crippen MR) is 93.1 cm³/mol. The monoisotopic (exact) mass is 352 g/mol. The number of hydrogen-bond acceptors (Lipinski definition) is 6. The number of aromatic carboxylic acids is 1. The Kier molecular flexibility index (Phi) is 4.48. The van der Waals surface area contributed by atoms with Crippen LogP contribution in [0.2, 0.25) is 0 Å². The molecule has 3 rings (SSSR count). The second-order valence-corrected chi connectivity index (χ2v) is 5.28. The number of carboxylic acids is 1. The third-order valence-electron chi connectivity index (χ3n) is 3.52. The number of carboxylic acid groups (broad SMARTS) is 1. The molecular weight excluding hydrogens is 340 g/mol. The minimum Gasteiger partial charge on any atom is -0.507 e. The number of phenols is 1. The van der Waals surface area contributed by atoms with Gasteiger partial charge in [0.05, 0.1) is 10.6 Å². The van der Waals surface area contributed by atoms with Crippen molar-refractivity contribution >= 4 is 23.6 Å². The van der Waals surface area contributed by atoms with Gasteiger partial charge in [-0.25, -0.2) is 4.79 Å². The van der Waals surface area contributed by atoms with Gasteiger partial charge in [-0.1, -0.05) is 12.1 Å². The van der Waals surface area contributed by atoms with E-state index in [0.29, 0.717) is 17.0 Å². The third kappa shape index (κ3) is 3.59. The summed E-state index contributed by atoms with van der Waals surface area (Å²) in [6.45, 7) is 0. The van der Waals surface area contributed by atoms with E-state index in [0.717, 1.165) is 0 Å². The van der Waals surface area contributed by atoms with Crippen LogP contribution in [0.3, 0.4) is 0 Å². The average molecular weight is 352 g/mol. The lowest BCUT2D eigenvalue weighted by Gasteiger charge is -2.01. The van der Waals surface area contributed by atoms with Gasteiger partial charge in [0.1, 0.15) is 11.5 Å². The summed E-state index contributed by atoms with van der Waals surface area (Å²) in [7, 11) is 0. The molecular formula is C18H12N2O6. The molecule has 0 saturated carbocycles. The van der Waals surface area contributed by atoms with Crippen LogP contribution in [0.25, 0.3) is 11.3 Å². The number of rotatable bonds is 5. The molecule has 2 aromatic carbocycles. The first-order chi connectivity index (χ1) is 12.4. The SMILES string of the molecule is O=C(O)c1ccc(-c2cccc(N=Cc3cc([N+](=O)[O-])ccc3O)c2)o1. The van der Waals surface area contributed by atoms with Crippen LogP contribution in [-0.4, -0.2) is 27.3 Å².